The highest BCUT2D eigenvalue weighted by Crippen LogP contribution is 2.55. The molecule has 0 spiro atoms. The van der Waals surface area contributed by atoms with E-state index in [1.165, 1.54) is 6.07 Å². The smallest absolute Gasteiger partial charge is 0.255 e. The predicted molar refractivity (Wildman–Crippen MR) is 133 cm³/mol. The summed E-state index contributed by atoms with van der Waals surface area (Å²) in [6, 6.07) is 10.2. The van der Waals surface area contributed by atoms with E-state index < -0.39 is 70.1 Å². The molecule has 1 fully saturated rings. The maximum Gasteiger partial charge on any atom is 0.255 e. The molecule has 3 aliphatic rings. The zero-order valence-electron chi connectivity index (χ0n) is 20.0. The molecule has 4 atom stereocenters. The van der Waals surface area contributed by atoms with Gasteiger partial charge in [-0.05, 0) is 36.6 Å². The third-order valence-corrected chi connectivity index (χ3v) is 7.47. The Morgan fingerprint density at radius 1 is 1.08 bits per heavy atom. The van der Waals surface area contributed by atoms with Gasteiger partial charge in [-0.15, -0.1) is 0 Å². The third kappa shape index (κ3) is 3.35. The van der Waals surface area contributed by atoms with Gasteiger partial charge in [-0.3, -0.25) is 14.4 Å². The van der Waals surface area contributed by atoms with E-state index in [4.69, 9.17) is 5.73 Å². The Bertz CT molecular complexity index is 1490. The molecule has 9 nitrogen and oxygen atoms in total. The number of aryl methyl sites for hydroxylation is 2. The summed E-state index contributed by atoms with van der Waals surface area (Å²) in [5.41, 5.74) is 4.21. The van der Waals surface area contributed by atoms with Crippen molar-refractivity contribution in [1.29, 1.82) is 0 Å². The van der Waals surface area contributed by atoms with Gasteiger partial charge in [0.15, 0.2) is 11.4 Å². The van der Waals surface area contributed by atoms with Crippen molar-refractivity contribution < 1.29 is 39.9 Å². The van der Waals surface area contributed by atoms with Crippen LogP contribution in [0.3, 0.4) is 0 Å². The number of benzene rings is 2. The number of phenols is 1. The number of aliphatic hydroxyl groups excluding tert-OH is 3. The average molecular weight is 504 g/mol. The number of hydrogen-bond donors (Lipinski definition) is 6. The first kappa shape index (κ1) is 24.5. The number of phenolic OH excluding ortho intramolecular Hbond substituents is 1. The zero-order valence-corrected chi connectivity index (χ0v) is 20.0. The molecule has 190 valence electrons. The molecule has 0 aliphatic heterocycles. The Labute approximate surface area is 211 Å². The normalized spacial score (nSPS) is 28.2. The highest BCUT2D eigenvalue weighted by Gasteiger charge is 2.64. The summed E-state index contributed by atoms with van der Waals surface area (Å²) < 4.78 is 0. The molecule has 2 aromatic carbocycles. The van der Waals surface area contributed by atoms with Crippen LogP contribution >= 0.6 is 0 Å². The van der Waals surface area contributed by atoms with E-state index >= 15 is 0 Å². The third-order valence-electron chi connectivity index (χ3n) is 7.47. The minimum atomic E-state index is -2.88. The van der Waals surface area contributed by atoms with Gasteiger partial charge < -0.3 is 31.3 Å². The van der Waals surface area contributed by atoms with E-state index in [0.29, 0.717) is 11.1 Å². The largest absolute Gasteiger partial charge is 0.508 e. The lowest BCUT2D eigenvalue weighted by molar-refractivity contribution is -0.157. The van der Waals surface area contributed by atoms with Gasteiger partial charge in [-0.1, -0.05) is 47.5 Å². The van der Waals surface area contributed by atoms with Gasteiger partial charge in [0.05, 0.1) is 17.2 Å². The highest BCUT2D eigenvalue weighted by molar-refractivity contribution is 6.23. The molecular weight excluding hydrogens is 478 g/mol. The summed E-state index contributed by atoms with van der Waals surface area (Å²) in [5.74, 6) is -8.49. The number of aromatic hydroxyl groups is 1. The molecule has 0 radical (unpaired) electrons. The van der Waals surface area contributed by atoms with E-state index in [9.17, 15) is 39.9 Å². The molecule has 0 unspecified atom stereocenters. The van der Waals surface area contributed by atoms with Crippen LogP contribution in [0.15, 0.2) is 53.3 Å². The van der Waals surface area contributed by atoms with E-state index in [-0.39, 0.29) is 11.3 Å². The van der Waals surface area contributed by atoms with Gasteiger partial charge in [0.2, 0.25) is 5.78 Å². The minimum absolute atomic E-state index is 0.0857. The summed E-state index contributed by atoms with van der Waals surface area (Å²) in [7, 11) is 0. The van der Waals surface area contributed by atoms with Crippen molar-refractivity contribution in [3.63, 3.8) is 0 Å². The fraction of sp³-hybridized carbons (Fsp3) is 0.250. The summed E-state index contributed by atoms with van der Waals surface area (Å²) in [4.78, 5) is 38.3. The van der Waals surface area contributed by atoms with Crippen LogP contribution in [0, 0.1) is 25.7 Å². The lowest BCUT2D eigenvalue weighted by Gasteiger charge is -2.49. The number of aliphatic hydroxyl groups is 4. The fourth-order valence-electron chi connectivity index (χ4n) is 5.96. The van der Waals surface area contributed by atoms with E-state index in [1.54, 1.807) is 18.2 Å². The van der Waals surface area contributed by atoms with Crippen LogP contribution < -0.4 is 5.73 Å². The molecule has 1 amide bonds. The molecule has 0 heterocycles. The molecule has 5 rings (SSSR count). The lowest BCUT2D eigenvalue weighted by atomic mass is 9.56. The van der Waals surface area contributed by atoms with Crippen LogP contribution in [0.2, 0.25) is 0 Å². The quantitative estimate of drug-likeness (QED) is 0.337. The molecular formula is C28H25NO8. The number of ketones is 2. The average Bonchev–Trinajstić information content (AvgIpc) is 2.80. The number of hydrogen-bond acceptors (Lipinski definition) is 8. The Hall–Kier alpha value is -4.21. The number of carbonyl (C=O) groups is 3. The van der Waals surface area contributed by atoms with Gasteiger partial charge in [-0.25, -0.2) is 0 Å². The van der Waals surface area contributed by atoms with Crippen molar-refractivity contribution in [2.45, 2.75) is 32.0 Å². The summed E-state index contributed by atoms with van der Waals surface area (Å²) in [5, 5.41) is 55.6. The van der Waals surface area contributed by atoms with E-state index in [1.807, 2.05) is 32.0 Å². The number of primary amides is 1. The molecule has 0 bridgehead atoms. The molecule has 1 saturated carbocycles. The van der Waals surface area contributed by atoms with Gasteiger partial charge in [0, 0.05) is 18.3 Å². The first-order valence-electron chi connectivity index (χ1n) is 11.7. The predicted octanol–water partition coefficient (Wildman–Crippen LogP) is 2.01. The number of amides is 1. The number of rotatable bonds is 2. The molecule has 9 heteroatoms. The van der Waals surface area contributed by atoms with Crippen LogP contribution in [0.1, 0.15) is 34.2 Å². The van der Waals surface area contributed by atoms with Crippen molar-refractivity contribution >= 4 is 34.9 Å². The second kappa shape index (κ2) is 8.16. The Kier molecular flexibility index (Phi) is 5.40. The Balaban J connectivity index is 1.83. The lowest BCUT2D eigenvalue weighted by Crippen LogP contribution is -2.63. The van der Waals surface area contributed by atoms with Crippen molar-refractivity contribution in [1.82, 2.24) is 0 Å². The monoisotopic (exact) mass is 503 g/mol. The fourth-order valence-corrected chi connectivity index (χ4v) is 5.96. The Morgan fingerprint density at radius 3 is 2.35 bits per heavy atom. The molecule has 3 aliphatic carbocycles. The van der Waals surface area contributed by atoms with Crippen molar-refractivity contribution in [3.05, 3.63) is 81.1 Å². The van der Waals surface area contributed by atoms with Crippen LogP contribution in [0.4, 0.5) is 0 Å². The van der Waals surface area contributed by atoms with Gasteiger partial charge in [-0.2, -0.15) is 0 Å². The van der Waals surface area contributed by atoms with E-state index in [2.05, 4.69) is 0 Å². The number of nitrogens with two attached hydrogens (primary N) is 1. The maximum absolute atomic E-state index is 13.8. The van der Waals surface area contributed by atoms with Crippen molar-refractivity contribution in [3.8, 4) is 5.75 Å². The summed E-state index contributed by atoms with van der Waals surface area (Å²) in [6.07, 6.45) is -0.570. The number of carbonyl (C=O) groups excluding carboxylic acids is 3. The standard InChI is InChI=1S/C28H25NO8/c1-11-6-12(2)8-13(7-11)9-15-14-4-3-5-17(30)19(14)24(33)22-20(15)23(32)16-10-18(31)21(27(29)36)25(34)28(16,37)26(22)35/h3-9,16,20,23,30,32-34,37H,10H2,1-2H3,(H2,29,36)/b15-9+/t16-,20-,23-,28-/m1/s1. The highest BCUT2D eigenvalue weighted by atomic mass is 16.4. The second-order valence-electron chi connectivity index (χ2n) is 9.87. The van der Waals surface area contributed by atoms with Crippen LogP contribution in [-0.4, -0.2) is 54.7 Å². The zero-order chi connectivity index (χ0) is 27.0. The second-order valence-corrected chi connectivity index (χ2v) is 9.87. The first-order valence-corrected chi connectivity index (χ1v) is 11.7. The summed E-state index contributed by atoms with van der Waals surface area (Å²) >= 11 is 0. The molecule has 7 N–H and O–H groups in total. The van der Waals surface area contributed by atoms with Gasteiger partial charge in [0.1, 0.15) is 22.8 Å². The molecule has 0 aromatic heterocycles. The van der Waals surface area contributed by atoms with Crippen LogP contribution in [0.25, 0.3) is 17.4 Å². The Morgan fingerprint density at radius 2 is 1.73 bits per heavy atom. The minimum Gasteiger partial charge on any atom is -0.508 e. The molecule has 37 heavy (non-hydrogen) atoms. The van der Waals surface area contributed by atoms with Gasteiger partial charge >= 0.3 is 0 Å². The van der Waals surface area contributed by atoms with Crippen molar-refractivity contribution in [2.75, 3.05) is 0 Å². The number of fused-ring (bicyclic) bond motifs is 3. The topological polar surface area (TPSA) is 178 Å². The van der Waals surface area contributed by atoms with Crippen LogP contribution in [-0.2, 0) is 14.4 Å². The molecule has 2 aromatic rings. The van der Waals surface area contributed by atoms with Gasteiger partial charge in [0.25, 0.3) is 5.91 Å². The van der Waals surface area contributed by atoms with Crippen molar-refractivity contribution in [2.24, 2.45) is 17.6 Å². The molecule has 0 saturated heterocycles. The SMILES string of the molecule is Cc1cc(C)cc(/C=C2\c3cccc(O)c3C(O)=C3C(=O)[C@]4(O)C(O)=C(C(N)=O)C(=O)C[C@@H]4[C@@H](O)[C@@H]32)c1. The van der Waals surface area contributed by atoms with Crippen LogP contribution in [0.5, 0.6) is 5.75 Å². The maximum atomic E-state index is 13.8. The van der Waals surface area contributed by atoms with E-state index in [0.717, 1.165) is 16.7 Å². The first-order chi connectivity index (χ1) is 17.4. The summed E-state index contributed by atoms with van der Waals surface area (Å²) in [6.45, 7) is 3.82. The number of Topliss-reactive ketones (excluding diaryl/α,β-unsaturated/α-hetero) is 2.